The highest BCUT2D eigenvalue weighted by Gasteiger charge is 2.11. The van der Waals surface area contributed by atoms with E-state index >= 15 is 0 Å². The summed E-state index contributed by atoms with van der Waals surface area (Å²) in [5.74, 6) is -0.287. The first-order chi connectivity index (χ1) is 11.8. The highest BCUT2D eigenvalue weighted by molar-refractivity contribution is 7.90. The summed E-state index contributed by atoms with van der Waals surface area (Å²) in [5, 5.41) is 5.53. The molecule has 0 saturated carbocycles. The van der Waals surface area contributed by atoms with Gasteiger partial charge in [0.1, 0.15) is 5.82 Å². The van der Waals surface area contributed by atoms with Crippen molar-refractivity contribution in [2.45, 2.75) is 24.3 Å². The van der Waals surface area contributed by atoms with Gasteiger partial charge in [0.2, 0.25) is 0 Å². The quantitative estimate of drug-likeness (QED) is 0.828. The van der Waals surface area contributed by atoms with E-state index in [-0.39, 0.29) is 22.8 Å². The fourth-order valence-corrected chi connectivity index (χ4v) is 2.94. The average Bonchev–Trinajstić information content (AvgIpc) is 2.56. The molecule has 134 valence electrons. The predicted molar refractivity (Wildman–Crippen MR) is 94.6 cm³/mol. The molecular formula is C18H21FN2O3S. The van der Waals surface area contributed by atoms with E-state index in [4.69, 9.17) is 0 Å². The summed E-state index contributed by atoms with van der Waals surface area (Å²) in [7, 11) is -3.23. The summed E-state index contributed by atoms with van der Waals surface area (Å²) in [5.41, 5.74) is 1.74. The van der Waals surface area contributed by atoms with Gasteiger partial charge >= 0.3 is 6.03 Å². The van der Waals surface area contributed by atoms with E-state index in [1.165, 1.54) is 24.3 Å². The van der Waals surface area contributed by atoms with Gasteiger partial charge < -0.3 is 10.6 Å². The van der Waals surface area contributed by atoms with Gasteiger partial charge in [0.25, 0.3) is 0 Å². The van der Waals surface area contributed by atoms with E-state index < -0.39 is 9.84 Å². The monoisotopic (exact) mass is 364 g/mol. The van der Waals surface area contributed by atoms with Crippen molar-refractivity contribution in [2.75, 3.05) is 12.8 Å². The van der Waals surface area contributed by atoms with Gasteiger partial charge in [0.15, 0.2) is 9.84 Å². The van der Waals surface area contributed by atoms with Crippen LogP contribution < -0.4 is 10.6 Å². The number of urea groups is 1. The maximum Gasteiger partial charge on any atom is 0.315 e. The van der Waals surface area contributed by atoms with Crippen molar-refractivity contribution in [2.24, 2.45) is 0 Å². The Bertz CT molecular complexity index is 818. The van der Waals surface area contributed by atoms with Crippen molar-refractivity contribution in [3.63, 3.8) is 0 Å². The van der Waals surface area contributed by atoms with Crippen LogP contribution in [0.2, 0.25) is 0 Å². The van der Waals surface area contributed by atoms with Gasteiger partial charge in [0, 0.05) is 12.8 Å². The fourth-order valence-electron chi connectivity index (χ4n) is 2.31. The molecule has 0 saturated heterocycles. The molecule has 2 amide bonds. The molecule has 2 aromatic rings. The van der Waals surface area contributed by atoms with Crippen molar-refractivity contribution in [1.82, 2.24) is 10.6 Å². The minimum absolute atomic E-state index is 0.243. The topological polar surface area (TPSA) is 75.3 Å². The zero-order chi connectivity index (χ0) is 18.4. The molecule has 5 nitrogen and oxygen atoms in total. The molecule has 0 aliphatic carbocycles. The van der Waals surface area contributed by atoms with E-state index in [2.05, 4.69) is 10.6 Å². The van der Waals surface area contributed by atoms with Crippen molar-refractivity contribution in [3.05, 3.63) is 65.5 Å². The van der Waals surface area contributed by atoms with Crippen LogP contribution in [0.15, 0.2) is 53.4 Å². The van der Waals surface area contributed by atoms with Gasteiger partial charge in [-0.05, 0) is 48.7 Å². The summed E-state index contributed by atoms with van der Waals surface area (Å²) in [6.07, 6.45) is 1.75. The number of amides is 2. The van der Waals surface area contributed by atoms with E-state index in [1.807, 2.05) is 6.92 Å². The second-order valence-corrected chi connectivity index (χ2v) is 7.86. The summed E-state index contributed by atoms with van der Waals surface area (Å²) in [6, 6.07) is 12.0. The Labute approximate surface area is 147 Å². The molecule has 7 heteroatoms. The maximum absolute atomic E-state index is 12.8. The molecule has 0 aliphatic heterocycles. The van der Waals surface area contributed by atoms with E-state index in [0.717, 1.165) is 17.4 Å². The minimum Gasteiger partial charge on any atom is -0.338 e. The molecule has 2 rings (SSSR count). The standard InChI is InChI=1S/C18H21FN2O3S/c1-13(15-5-9-17(10-6-15)25(2,23)24)21-18(22)20-12-11-14-3-7-16(19)8-4-14/h3-10,13H,11-12H2,1-2H3,(H2,20,21,22). The lowest BCUT2D eigenvalue weighted by Crippen LogP contribution is -2.38. The van der Waals surface area contributed by atoms with Crippen LogP contribution >= 0.6 is 0 Å². The molecule has 0 fully saturated rings. The van der Waals surface area contributed by atoms with Crippen molar-refractivity contribution >= 4 is 15.9 Å². The largest absolute Gasteiger partial charge is 0.338 e. The number of carbonyl (C=O) groups excluding carboxylic acids is 1. The Hall–Kier alpha value is -2.41. The molecule has 0 heterocycles. The molecule has 2 N–H and O–H groups in total. The van der Waals surface area contributed by atoms with Crippen LogP contribution in [0.1, 0.15) is 24.1 Å². The smallest absolute Gasteiger partial charge is 0.315 e. The van der Waals surface area contributed by atoms with Crippen LogP contribution in [-0.4, -0.2) is 27.2 Å². The second-order valence-electron chi connectivity index (χ2n) is 5.84. The zero-order valence-corrected chi connectivity index (χ0v) is 14.9. The van der Waals surface area contributed by atoms with Gasteiger partial charge in [-0.2, -0.15) is 0 Å². The van der Waals surface area contributed by atoms with Crippen molar-refractivity contribution in [3.8, 4) is 0 Å². The molecule has 0 aliphatic rings. The van der Waals surface area contributed by atoms with Gasteiger partial charge in [-0.1, -0.05) is 24.3 Å². The second kappa shape index (κ2) is 8.11. The lowest BCUT2D eigenvalue weighted by Gasteiger charge is -2.15. The van der Waals surface area contributed by atoms with Crippen LogP contribution in [-0.2, 0) is 16.3 Å². The molecule has 2 aromatic carbocycles. The molecule has 0 spiro atoms. The Balaban J connectivity index is 1.82. The number of hydrogen-bond acceptors (Lipinski definition) is 3. The number of carbonyl (C=O) groups is 1. The molecule has 1 atom stereocenters. The maximum atomic E-state index is 12.8. The molecule has 0 aromatic heterocycles. The van der Waals surface area contributed by atoms with Gasteiger partial charge in [-0.3, -0.25) is 0 Å². The van der Waals surface area contributed by atoms with Crippen molar-refractivity contribution in [1.29, 1.82) is 0 Å². The van der Waals surface area contributed by atoms with Crippen molar-refractivity contribution < 1.29 is 17.6 Å². The van der Waals surface area contributed by atoms with E-state index in [9.17, 15) is 17.6 Å². The molecular weight excluding hydrogens is 343 g/mol. The number of sulfone groups is 1. The van der Waals surface area contributed by atoms with Gasteiger partial charge in [-0.25, -0.2) is 17.6 Å². The Morgan fingerprint density at radius 2 is 1.68 bits per heavy atom. The highest BCUT2D eigenvalue weighted by Crippen LogP contribution is 2.16. The van der Waals surface area contributed by atoms with Gasteiger partial charge in [-0.15, -0.1) is 0 Å². The molecule has 0 bridgehead atoms. The van der Waals surface area contributed by atoms with Crippen LogP contribution in [0.3, 0.4) is 0 Å². The first kappa shape index (κ1) is 18.9. The first-order valence-electron chi connectivity index (χ1n) is 7.84. The van der Waals surface area contributed by atoms with E-state index in [1.54, 1.807) is 24.3 Å². The lowest BCUT2D eigenvalue weighted by atomic mass is 10.1. The summed E-state index contributed by atoms with van der Waals surface area (Å²) >= 11 is 0. The summed E-state index contributed by atoms with van der Waals surface area (Å²) in [6.45, 7) is 2.24. The fraction of sp³-hybridized carbons (Fsp3) is 0.278. The lowest BCUT2D eigenvalue weighted by molar-refractivity contribution is 0.238. The van der Waals surface area contributed by atoms with Crippen LogP contribution in [0.4, 0.5) is 9.18 Å². The molecule has 0 radical (unpaired) electrons. The third-order valence-corrected chi connectivity index (χ3v) is 4.90. The van der Waals surface area contributed by atoms with Crippen LogP contribution in [0.5, 0.6) is 0 Å². The third-order valence-electron chi connectivity index (χ3n) is 3.77. The number of hydrogen-bond donors (Lipinski definition) is 2. The zero-order valence-electron chi connectivity index (χ0n) is 14.1. The number of benzene rings is 2. The number of halogens is 1. The van der Waals surface area contributed by atoms with Crippen LogP contribution in [0.25, 0.3) is 0 Å². The summed E-state index contributed by atoms with van der Waals surface area (Å²) < 4.78 is 35.7. The normalized spacial score (nSPS) is 12.4. The Morgan fingerprint density at radius 3 is 2.24 bits per heavy atom. The third kappa shape index (κ3) is 5.86. The highest BCUT2D eigenvalue weighted by atomic mass is 32.2. The molecule has 1 unspecified atom stereocenters. The molecule has 25 heavy (non-hydrogen) atoms. The number of nitrogens with one attached hydrogen (secondary N) is 2. The minimum atomic E-state index is -3.23. The van der Waals surface area contributed by atoms with Gasteiger partial charge in [0.05, 0.1) is 10.9 Å². The predicted octanol–water partition coefficient (Wildman–Crippen LogP) is 2.83. The average molecular weight is 364 g/mol. The summed E-state index contributed by atoms with van der Waals surface area (Å²) in [4.78, 5) is 12.2. The number of rotatable bonds is 6. The first-order valence-corrected chi connectivity index (χ1v) is 9.73. The SMILES string of the molecule is CC(NC(=O)NCCc1ccc(F)cc1)c1ccc(S(C)(=O)=O)cc1. The Morgan fingerprint density at radius 1 is 1.08 bits per heavy atom. The van der Waals surface area contributed by atoms with E-state index in [0.29, 0.717) is 13.0 Å². The van der Waals surface area contributed by atoms with Crippen LogP contribution in [0, 0.1) is 5.82 Å². The Kier molecular flexibility index (Phi) is 6.14.